The van der Waals surface area contributed by atoms with Gasteiger partial charge in [-0.1, -0.05) is 18.0 Å². The fourth-order valence-corrected chi connectivity index (χ4v) is 2.68. The van der Waals surface area contributed by atoms with E-state index in [9.17, 15) is 14.4 Å². The first-order chi connectivity index (χ1) is 12.5. The summed E-state index contributed by atoms with van der Waals surface area (Å²) in [5.74, 6) is -0.380. The molecule has 4 amide bonds. The predicted octanol–water partition coefficient (Wildman–Crippen LogP) is 2.31. The molecule has 1 aliphatic heterocycles. The van der Waals surface area contributed by atoms with Crippen LogP contribution in [-0.4, -0.2) is 41.6 Å². The number of benzene rings is 1. The van der Waals surface area contributed by atoms with E-state index >= 15 is 0 Å². The summed E-state index contributed by atoms with van der Waals surface area (Å²) in [5.41, 5.74) is 2.34. The van der Waals surface area contributed by atoms with Crippen LogP contribution in [0.1, 0.15) is 31.2 Å². The molecule has 1 aromatic rings. The van der Waals surface area contributed by atoms with Gasteiger partial charge in [0.15, 0.2) is 0 Å². The molecule has 8 nitrogen and oxygen atoms in total. The summed E-state index contributed by atoms with van der Waals surface area (Å²) in [4.78, 5) is 36.5. The van der Waals surface area contributed by atoms with Crippen molar-refractivity contribution in [2.24, 2.45) is 0 Å². The van der Waals surface area contributed by atoms with Crippen LogP contribution >= 0.6 is 11.6 Å². The molecule has 0 spiro atoms. The van der Waals surface area contributed by atoms with Crippen LogP contribution in [0.3, 0.4) is 0 Å². The third kappa shape index (κ3) is 4.96. The maximum Gasteiger partial charge on any atom is 0.329 e. The molecular weight excluding hydrogens is 362 g/mol. The average Bonchev–Trinajstić information content (AvgIpc) is 2.89. The molecule has 0 aliphatic carbocycles. The minimum atomic E-state index is -0.484. The molecule has 3 N–H and O–H groups in total. The van der Waals surface area contributed by atoms with Crippen molar-refractivity contribution >= 4 is 35.5 Å². The maximum absolute atomic E-state index is 12.4. The van der Waals surface area contributed by atoms with Gasteiger partial charge in [-0.25, -0.2) is 10.3 Å². The highest BCUT2D eigenvalue weighted by atomic mass is 35.5. The number of methoxy groups -OCH3 is 1. The molecule has 26 heavy (non-hydrogen) atoms. The Kier molecular flexibility index (Phi) is 6.99. The first-order valence-corrected chi connectivity index (χ1v) is 8.45. The van der Waals surface area contributed by atoms with Crippen LogP contribution in [0.4, 0.5) is 4.79 Å². The molecule has 1 aliphatic rings. The Morgan fingerprint density at radius 1 is 1.35 bits per heavy atom. The quantitative estimate of drug-likeness (QED) is 0.210. The minimum absolute atomic E-state index is 0.162. The number of rotatable bonds is 8. The average molecular weight is 382 g/mol. The van der Waals surface area contributed by atoms with Crippen molar-refractivity contribution in [3.63, 3.8) is 0 Å². The van der Waals surface area contributed by atoms with Gasteiger partial charge in [-0.15, -0.1) is 0 Å². The molecule has 0 bridgehead atoms. The number of hydrogen-bond donors (Lipinski definition) is 3. The fraction of sp³-hybridized carbons (Fsp3) is 0.353. The van der Waals surface area contributed by atoms with Crippen molar-refractivity contribution in [3.05, 3.63) is 34.5 Å². The Labute approximate surface area is 155 Å². The predicted molar refractivity (Wildman–Crippen MR) is 94.6 cm³/mol. The van der Waals surface area contributed by atoms with E-state index in [2.05, 4.69) is 5.32 Å². The summed E-state index contributed by atoms with van der Waals surface area (Å²) in [6.45, 7) is 0.250. The number of carbonyl (C=O) groups excluding carboxylic acids is 3. The lowest BCUT2D eigenvalue weighted by Crippen LogP contribution is -2.31. The van der Waals surface area contributed by atoms with Crippen LogP contribution in [0.25, 0.3) is 6.08 Å². The summed E-state index contributed by atoms with van der Waals surface area (Å²) in [6.07, 6.45) is 3.50. The summed E-state index contributed by atoms with van der Waals surface area (Å²) >= 11 is 5.91. The van der Waals surface area contributed by atoms with Crippen LogP contribution < -0.4 is 15.5 Å². The van der Waals surface area contributed by atoms with E-state index in [0.29, 0.717) is 35.6 Å². The van der Waals surface area contributed by atoms with Gasteiger partial charge in [-0.2, -0.15) is 0 Å². The lowest BCUT2D eigenvalue weighted by Gasteiger charge is -2.11. The Bertz CT molecular complexity index is 735. The standard InChI is InChI=1S/C17H20ClN3O5/c1-26-14-10-12(18)7-6-11(14)9-13-16(23)21(17(24)19-13)8-4-2-3-5-15(22)20-25/h6-7,9-10,25H,2-5,8H2,1H3,(H,19,24)(H,20,22). The number of halogens is 1. The number of hydroxylamine groups is 1. The van der Waals surface area contributed by atoms with Crippen molar-refractivity contribution in [3.8, 4) is 5.75 Å². The summed E-state index contributed by atoms with van der Waals surface area (Å²) in [5, 5.41) is 11.5. The zero-order valence-electron chi connectivity index (χ0n) is 14.3. The van der Waals surface area contributed by atoms with Crippen LogP contribution in [0.2, 0.25) is 5.02 Å². The number of urea groups is 1. The second kappa shape index (κ2) is 9.21. The number of unbranched alkanes of at least 4 members (excludes halogenated alkanes) is 2. The first kappa shape index (κ1) is 19.7. The highest BCUT2D eigenvalue weighted by Gasteiger charge is 2.33. The molecular formula is C17H20ClN3O5. The summed E-state index contributed by atoms with van der Waals surface area (Å²) in [6, 6.07) is 4.50. The number of nitrogens with one attached hydrogen (secondary N) is 2. The Balaban J connectivity index is 1.97. The van der Waals surface area contributed by atoms with E-state index in [1.165, 1.54) is 7.11 Å². The number of amides is 4. The number of nitrogens with zero attached hydrogens (tertiary/aromatic N) is 1. The van der Waals surface area contributed by atoms with E-state index in [4.69, 9.17) is 21.5 Å². The fourth-order valence-electron chi connectivity index (χ4n) is 2.52. The first-order valence-electron chi connectivity index (χ1n) is 8.07. The monoisotopic (exact) mass is 381 g/mol. The van der Waals surface area contributed by atoms with Gasteiger partial charge in [0.1, 0.15) is 11.4 Å². The number of imide groups is 1. The Morgan fingerprint density at radius 3 is 2.81 bits per heavy atom. The van der Waals surface area contributed by atoms with Crippen molar-refractivity contribution in [2.75, 3.05) is 13.7 Å². The molecule has 0 atom stereocenters. The number of hydrogen-bond acceptors (Lipinski definition) is 5. The zero-order valence-corrected chi connectivity index (χ0v) is 15.0. The second-order valence-corrected chi connectivity index (χ2v) is 6.11. The van der Waals surface area contributed by atoms with Crippen molar-refractivity contribution in [1.82, 2.24) is 15.7 Å². The second-order valence-electron chi connectivity index (χ2n) is 5.68. The van der Waals surface area contributed by atoms with E-state index < -0.39 is 17.8 Å². The van der Waals surface area contributed by atoms with Gasteiger partial charge in [0.2, 0.25) is 5.91 Å². The molecule has 0 saturated carbocycles. The van der Waals surface area contributed by atoms with Gasteiger partial charge in [-0.05, 0) is 37.1 Å². The van der Waals surface area contributed by atoms with E-state index in [1.54, 1.807) is 29.8 Å². The molecule has 1 fully saturated rings. The smallest absolute Gasteiger partial charge is 0.329 e. The summed E-state index contributed by atoms with van der Waals surface area (Å²) in [7, 11) is 1.49. The van der Waals surface area contributed by atoms with Crippen LogP contribution in [0, 0.1) is 0 Å². The van der Waals surface area contributed by atoms with E-state index in [0.717, 1.165) is 4.90 Å². The third-order valence-corrected chi connectivity index (χ3v) is 4.10. The van der Waals surface area contributed by atoms with Gasteiger partial charge in [0.25, 0.3) is 5.91 Å². The van der Waals surface area contributed by atoms with Gasteiger partial charge in [0.05, 0.1) is 7.11 Å². The summed E-state index contributed by atoms with van der Waals surface area (Å²) < 4.78 is 5.23. The molecule has 1 saturated heterocycles. The Morgan fingerprint density at radius 2 is 2.12 bits per heavy atom. The zero-order chi connectivity index (χ0) is 19.1. The van der Waals surface area contributed by atoms with Crippen LogP contribution in [0.15, 0.2) is 23.9 Å². The number of carbonyl (C=O) groups is 3. The topological polar surface area (TPSA) is 108 Å². The molecule has 9 heteroatoms. The molecule has 1 aromatic carbocycles. The maximum atomic E-state index is 12.4. The molecule has 0 radical (unpaired) electrons. The lowest BCUT2D eigenvalue weighted by atomic mass is 10.1. The van der Waals surface area contributed by atoms with Gasteiger partial charge in [-0.3, -0.25) is 19.7 Å². The van der Waals surface area contributed by atoms with Crippen molar-refractivity contribution in [1.29, 1.82) is 0 Å². The molecule has 140 valence electrons. The van der Waals surface area contributed by atoms with Crippen LogP contribution in [0.5, 0.6) is 5.75 Å². The number of ether oxygens (including phenoxy) is 1. The largest absolute Gasteiger partial charge is 0.496 e. The van der Waals surface area contributed by atoms with Crippen LogP contribution in [-0.2, 0) is 9.59 Å². The van der Waals surface area contributed by atoms with E-state index in [-0.39, 0.29) is 18.7 Å². The third-order valence-electron chi connectivity index (χ3n) is 3.87. The molecule has 2 rings (SSSR count). The lowest BCUT2D eigenvalue weighted by molar-refractivity contribution is -0.129. The Hall–Kier alpha value is -2.58. The molecule has 0 aromatic heterocycles. The van der Waals surface area contributed by atoms with E-state index in [1.807, 2.05) is 0 Å². The molecule has 1 heterocycles. The SMILES string of the molecule is COc1cc(Cl)ccc1C=C1NC(=O)N(CCCCCC(=O)NO)C1=O. The van der Waals surface area contributed by atoms with Gasteiger partial charge < -0.3 is 10.1 Å². The van der Waals surface area contributed by atoms with Gasteiger partial charge >= 0.3 is 6.03 Å². The van der Waals surface area contributed by atoms with Crippen molar-refractivity contribution in [2.45, 2.75) is 25.7 Å². The highest BCUT2D eigenvalue weighted by molar-refractivity contribution is 6.30. The van der Waals surface area contributed by atoms with Crippen molar-refractivity contribution < 1.29 is 24.3 Å². The molecule has 0 unspecified atom stereocenters. The normalized spacial score (nSPS) is 15.3. The highest BCUT2D eigenvalue weighted by Crippen LogP contribution is 2.26. The minimum Gasteiger partial charge on any atom is -0.496 e. The van der Waals surface area contributed by atoms with Gasteiger partial charge in [0, 0.05) is 23.6 Å².